The van der Waals surface area contributed by atoms with Gasteiger partial charge in [0.15, 0.2) is 23.8 Å². The Hall–Kier alpha value is -6.91. The number of benzene rings is 5. The van der Waals surface area contributed by atoms with Crippen molar-refractivity contribution in [3.05, 3.63) is 185 Å². The first-order valence-corrected chi connectivity index (χ1v) is 22.4. The third-order valence-electron chi connectivity index (χ3n) is 12.7. The summed E-state index contributed by atoms with van der Waals surface area (Å²) in [6.45, 7) is 4.83. The summed E-state index contributed by atoms with van der Waals surface area (Å²) in [7, 11) is 0. The number of aliphatic hydroxyl groups excluding tert-OH is 4. The minimum absolute atomic E-state index is 0.0469. The Kier molecular flexibility index (Phi) is 15.6. The molecule has 2 aliphatic rings. The van der Waals surface area contributed by atoms with Crippen LogP contribution in [0.15, 0.2) is 140 Å². The van der Waals surface area contributed by atoms with Gasteiger partial charge in [-0.2, -0.15) is 13.2 Å². The van der Waals surface area contributed by atoms with Crippen molar-refractivity contribution in [1.82, 2.24) is 14.8 Å². The Morgan fingerprint density at radius 2 is 0.913 bits per heavy atom. The molecule has 0 spiro atoms. The lowest BCUT2D eigenvalue weighted by Gasteiger charge is -2.23. The van der Waals surface area contributed by atoms with Crippen molar-refractivity contribution in [2.75, 3.05) is 0 Å². The average molecular weight is 946 g/mol. The second-order valence-electron chi connectivity index (χ2n) is 17.5. The van der Waals surface area contributed by atoms with Gasteiger partial charge in [-0.15, -0.1) is 0 Å². The summed E-state index contributed by atoms with van der Waals surface area (Å²) >= 11 is 0. The summed E-state index contributed by atoms with van der Waals surface area (Å²) in [5.74, 6) is -3.75. The van der Waals surface area contributed by atoms with Gasteiger partial charge < -0.3 is 30.2 Å². The zero-order chi connectivity index (χ0) is 49.6. The Labute approximate surface area is 396 Å². The van der Waals surface area contributed by atoms with Crippen molar-refractivity contribution in [2.24, 2.45) is 0 Å². The monoisotopic (exact) mass is 945 g/mol. The molecule has 6 aromatic rings. The predicted molar refractivity (Wildman–Crippen MR) is 248 cm³/mol. The molecule has 0 bridgehead atoms. The summed E-state index contributed by atoms with van der Waals surface area (Å²) in [6.07, 6.45) is -9.37. The number of nitrogens with zero attached hydrogens (tertiary/aromatic N) is 3. The zero-order valence-corrected chi connectivity index (χ0v) is 37.8. The fourth-order valence-corrected chi connectivity index (χ4v) is 8.63. The number of pyridine rings is 1. The standard InChI is InChI=1S/C28H26F3NO4.C26H25FN2O4/c1-17(18-10-12-19(13-11-18)22-8-4-5-9-23(22)28(29,30)31)14-24(33)25(34)26(35)27(36)32-15-20-6-2-3-7-21(20)16-32;1-16(17-6-8-18(9-7-17)21-10-11-28-13-22(21)27)12-23(30)24(31)25(32)26(33)29-14-19-4-2-3-5-20(19)15-29/h2-13,17,25-26,34-35H,14-16H2,1H3;2-11,13,16,24-25,31-32H,12,14-15H2,1H3/t17-,25-,26+;16-,24-,25+/m00/s1. The van der Waals surface area contributed by atoms with E-state index < -0.39 is 71.3 Å². The van der Waals surface area contributed by atoms with Crippen molar-refractivity contribution in [2.45, 2.75) is 95.3 Å². The number of ketones is 2. The first-order valence-electron chi connectivity index (χ1n) is 22.4. The van der Waals surface area contributed by atoms with E-state index in [0.717, 1.165) is 40.1 Å². The highest BCUT2D eigenvalue weighted by Crippen LogP contribution is 2.38. The number of carbonyl (C=O) groups is 4. The normalized spacial score (nSPS) is 15.7. The summed E-state index contributed by atoms with van der Waals surface area (Å²) in [4.78, 5) is 57.1. The largest absolute Gasteiger partial charge is 0.417 e. The van der Waals surface area contributed by atoms with Gasteiger partial charge in [0, 0.05) is 50.8 Å². The number of alkyl halides is 3. The van der Waals surface area contributed by atoms with Crippen molar-refractivity contribution in [3.63, 3.8) is 0 Å². The van der Waals surface area contributed by atoms with E-state index in [2.05, 4.69) is 4.98 Å². The molecule has 69 heavy (non-hydrogen) atoms. The average Bonchev–Trinajstić information content (AvgIpc) is 4.00. The van der Waals surface area contributed by atoms with Gasteiger partial charge >= 0.3 is 6.18 Å². The van der Waals surface area contributed by atoms with E-state index in [-0.39, 0.29) is 24.3 Å². The maximum absolute atomic E-state index is 13.9. The van der Waals surface area contributed by atoms with Crippen LogP contribution in [0.4, 0.5) is 17.6 Å². The molecule has 3 heterocycles. The Balaban J connectivity index is 0.000000205. The second kappa shape index (κ2) is 21.6. The molecule has 15 heteroatoms. The van der Waals surface area contributed by atoms with Crippen LogP contribution in [-0.4, -0.2) is 83.0 Å². The van der Waals surface area contributed by atoms with Gasteiger partial charge in [-0.1, -0.05) is 129 Å². The van der Waals surface area contributed by atoms with Crippen molar-refractivity contribution in [3.8, 4) is 22.3 Å². The number of hydrogen-bond acceptors (Lipinski definition) is 9. The molecule has 0 saturated heterocycles. The van der Waals surface area contributed by atoms with Gasteiger partial charge in [0.05, 0.1) is 11.8 Å². The Morgan fingerprint density at radius 3 is 1.30 bits per heavy atom. The van der Waals surface area contributed by atoms with Crippen LogP contribution in [0.1, 0.15) is 77.5 Å². The van der Waals surface area contributed by atoms with Gasteiger partial charge in [-0.3, -0.25) is 24.2 Å². The van der Waals surface area contributed by atoms with Crippen LogP contribution < -0.4 is 0 Å². The van der Waals surface area contributed by atoms with Crippen LogP contribution in [0, 0.1) is 5.82 Å². The lowest BCUT2D eigenvalue weighted by molar-refractivity contribution is -0.152. The molecule has 0 aliphatic carbocycles. The third-order valence-corrected chi connectivity index (χ3v) is 12.7. The molecule has 1 aromatic heterocycles. The number of fused-ring (bicyclic) bond motifs is 2. The van der Waals surface area contributed by atoms with E-state index in [1.54, 1.807) is 61.5 Å². The van der Waals surface area contributed by atoms with E-state index >= 15 is 0 Å². The molecule has 4 N–H and O–H groups in total. The highest BCUT2D eigenvalue weighted by atomic mass is 19.4. The smallest absolute Gasteiger partial charge is 0.382 e. The maximum Gasteiger partial charge on any atom is 0.417 e. The van der Waals surface area contributed by atoms with Crippen LogP contribution in [0.25, 0.3) is 22.3 Å². The van der Waals surface area contributed by atoms with E-state index in [0.29, 0.717) is 48.4 Å². The van der Waals surface area contributed by atoms with Crippen LogP contribution >= 0.6 is 0 Å². The topological polar surface area (TPSA) is 169 Å². The van der Waals surface area contributed by atoms with Gasteiger partial charge in [0.25, 0.3) is 11.8 Å². The summed E-state index contributed by atoms with van der Waals surface area (Å²) in [6, 6.07) is 35.4. The molecule has 0 radical (unpaired) electrons. The maximum atomic E-state index is 13.9. The Morgan fingerprint density at radius 1 is 0.536 bits per heavy atom. The van der Waals surface area contributed by atoms with E-state index in [1.165, 1.54) is 34.2 Å². The molecule has 5 aromatic carbocycles. The van der Waals surface area contributed by atoms with Crippen molar-refractivity contribution < 1.29 is 57.2 Å². The van der Waals surface area contributed by atoms with Crippen LogP contribution in [0.3, 0.4) is 0 Å². The minimum atomic E-state index is -4.48. The number of hydrogen-bond donors (Lipinski definition) is 4. The first-order chi connectivity index (χ1) is 32.9. The highest BCUT2D eigenvalue weighted by Gasteiger charge is 2.38. The summed E-state index contributed by atoms with van der Waals surface area (Å²) < 4.78 is 54.0. The molecule has 11 nitrogen and oxygen atoms in total. The number of halogens is 4. The molecule has 8 rings (SSSR count). The van der Waals surface area contributed by atoms with Crippen molar-refractivity contribution >= 4 is 23.4 Å². The van der Waals surface area contributed by atoms with Gasteiger partial charge in [-0.25, -0.2) is 4.39 Å². The second-order valence-corrected chi connectivity index (χ2v) is 17.5. The predicted octanol–water partition coefficient (Wildman–Crippen LogP) is 7.91. The fraction of sp³-hybridized carbons (Fsp3) is 0.278. The SMILES string of the molecule is C[C@@H](CC(=O)[C@H](O)[C@@H](O)C(=O)N1Cc2ccccc2C1)c1ccc(-c2ccccc2C(F)(F)F)cc1.C[C@@H](CC(=O)[C@H](O)[C@@H](O)C(=O)N1Cc2ccccc2C1)c1ccc(-c2ccncc2F)cc1. The molecule has 2 amide bonds. The highest BCUT2D eigenvalue weighted by molar-refractivity contribution is 5.93. The molecule has 358 valence electrons. The van der Waals surface area contributed by atoms with Gasteiger partial charge in [0.1, 0.15) is 18.0 Å². The molecule has 0 saturated carbocycles. The molecule has 0 fully saturated rings. The van der Waals surface area contributed by atoms with Crippen LogP contribution in [0.5, 0.6) is 0 Å². The Bertz CT molecular complexity index is 2750. The first kappa shape index (κ1) is 50.0. The lowest BCUT2D eigenvalue weighted by atomic mass is 9.90. The van der Waals surface area contributed by atoms with Crippen LogP contribution in [0.2, 0.25) is 0 Å². The van der Waals surface area contributed by atoms with Crippen LogP contribution in [-0.2, 0) is 51.5 Å². The van der Waals surface area contributed by atoms with E-state index in [1.807, 2.05) is 55.5 Å². The van der Waals surface area contributed by atoms with E-state index in [4.69, 9.17) is 0 Å². The number of carbonyl (C=O) groups excluding carboxylic acids is 4. The number of aliphatic hydroxyl groups is 4. The molecular formula is C54H51F4N3O8. The molecule has 0 unspecified atom stereocenters. The third kappa shape index (κ3) is 11.7. The quantitative estimate of drug-likeness (QED) is 0.0794. The minimum Gasteiger partial charge on any atom is -0.382 e. The van der Waals surface area contributed by atoms with E-state index in [9.17, 15) is 57.2 Å². The zero-order valence-electron chi connectivity index (χ0n) is 37.8. The van der Waals surface area contributed by atoms with Gasteiger partial charge in [0.2, 0.25) is 0 Å². The number of amides is 2. The lowest BCUT2D eigenvalue weighted by Crippen LogP contribution is -2.46. The summed E-state index contributed by atoms with van der Waals surface area (Å²) in [5, 5.41) is 41.5. The number of Topliss-reactive ketones (excluding diaryl/α,β-unsaturated/α-hetero) is 2. The van der Waals surface area contributed by atoms with Gasteiger partial charge in [-0.05, 0) is 74.0 Å². The number of rotatable bonds is 14. The van der Waals surface area contributed by atoms with Crippen molar-refractivity contribution in [1.29, 1.82) is 0 Å². The molecule has 2 aliphatic heterocycles. The molecule has 6 atom stereocenters. The molecular weight excluding hydrogens is 895 g/mol. The number of aromatic nitrogens is 1. The summed E-state index contributed by atoms with van der Waals surface area (Å²) in [5.41, 5.74) is 6.21. The fourth-order valence-electron chi connectivity index (χ4n) is 8.63.